The van der Waals surface area contributed by atoms with Crippen molar-refractivity contribution in [1.29, 1.82) is 0 Å². The average molecular weight is 277 g/mol. The predicted molar refractivity (Wildman–Crippen MR) is 70.7 cm³/mol. The Balaban J connectivity index is 2.50. The monoisotopic (exact) mass is 277 g/mol. The third-order valence-corrected chi connectivity index (χ3v) is 3.79. The van der Waals surface area contributed by atoms with Gasteiger partial charge in [0.15, 0.2) is 0 Å². The second kappa shape index (κ2) is 6.48. The van der Waals surface area contributed by atoms with Gasteiger partial charge in [-0.25, -0.2) is 0 Å². The van der Waals surface area contributed by atoms with E-state index < -0.39 is 12.1 Å². The van der Waals surface area contributed by atoms with Crippen molar-refractivity contribution < 1.29 is 13.2 Å². The first kappa shape index (κ1) is 15.4. The molecule has 0 aliphatic heterocycles. The van der Waals surface area contributed by atoms with Crippen molar-refractivity contribution >= 4 is 11.8 Å². The van der Waals surface area contributed by atoms with E-state index in [4.69, 9.17) is 5.73 Å². The highest BCUT2D eigenvalue weighted by molar-refractivity contribution is 7.98. The minimum atomic E-state index is -4.19. The zero-order valence-corrected chi connectivity index (χ0v) is 11.4. The van der Waals surface area contributed by atoms with Crippen LogP contribution >= 0.6 is 11.8 Å². The highest BCUT2D eigenvalue weighted by Gasteiger charge is 2.38. The Hall–Kier alpha value is -0.680. The van der Waals surface area contributed by atoms with Crippen LogP contribution in [0.2, 0.25) is 0 Å². The number of hydrogen-bond donors (Lipinski definition) is 1. The molecule has 18 heavy (non-hydrogen) atoms. The van der Waals surface area contributed by atoms with Gasteiger partial charge in [0.25, 0.3) is 0 Å². The summed E-state index contributed by atoms with van der Waals surface area (Å²) in [5, 5.41) is 0. The van der Waals surface area contributed by atoms with Gasteiger partial charge in [0, 0.05) is 18.1 Å². The summed E-state index contributed by atoms with van der Waals surface area (Å²) in [4.78, 5) is 0. The summed E-state index contributed by atoms with van der Waals surface area (Å²) in [7, 11) is 0. The van der Waals surface area contributed by atoms with Crippen LogP contribution < -0.4 is 5.73 Å². The molecule has 0 aliphatic rings. The van der Waals surface area contributed by atoms with Gasteiger partial charge < -0.3 is 5.73 Å². The van der Waals surface area contributed by atoms with Gasteiger partial charge in [-0.1, -0.05) is 29.3 Å². The van der Waals surface area contributed by atoms with Gasteiger partial charge in [-0.05, 0) is 19.4 Å². The van der Waals surface area contributed by atoms with E-state index in [1.165, 1.54) is 11.8 Å². The van der Waals surface area contributed by atoms with Gasteiger partial charge in [-0.15, -0.1) is 0 Å². The van der Waals surface area contributed by atoms with E-state index in [9.17, 15) is 13.2 Å². The molecule has 0 spiro atoms. The van der Waals surface area contributed by atoms with E-state index in [1.807, 2.05) is 32.0 Å². The molecule has 0 aromatic heterocycles. The molecular weight excluding hydrogens is 259 g/mol. The zero-order valence-electron chi connectivity index (χ0n) is 10.6. The van der Waals surface area contributed by atoms with Crippen LogP contribution in [-0.2, 0) is 5.75 Å². The summed E-state index contributed by atoms with van der Waals surface area (Å²) in [6, 6.07) is 6.06. The summed E-state index contributed by atoms with van der Waals surface area (Å²) in [6.45, 7) is 3.63. The van der Waals surface area contributed by atoms with E-state index in [-0.39, 0.29) is 12.3 Å². The molecule has 0 aliphatic carbocycles. The lowest BCUT2D eigenvalue weighted by Crippen LogP contribution is -2.32. The summed E-state index contributed by atoms with van der Waals surface area (Å²) in [5.74, 6) is -0.796. The molecule has 0 saturated heterocycles. The summed E-state index contributed by atoms with van der Waals surface area (Å²) >= 11 is 1.28. The zero-order chi connectivity index (χ0) is 13.8. The number of nitrogens with two attached hydrogens (primary N) is 1. The molecule has 0 bridgehead atoms. The maximum atomic E-state index is 12.5. The van der Waals surface area contributed by atoms with E-state index in [1.54, 1.807) is 0 Å². The first-order valence-corrected chi connectivity index (χ1v) is 6.90. The summed E-state index contributed by atoms with van der Waals surface area (Å²) < 4.78 is 37.4. The highest BCUT2D eigenvalue weighted by Crippen LogP contribution is 2.29. The quantitative estimate of drug-likeness (QED) is 0.888. The first-order chi connectivity index (χ1) is 8.32. The smallest absolute Gasteiger partial charge is 0.330 e. The Morgan fingerprint density at radius 3 is 2.17 bits per heavy atom. The predicted octanol–water partition coefficient (Wildman–Crippen LogP) is 3.67. The second-order valence-corrected chi connectivity index (χ2v) is 5.52. The number of aryl methyl sites for hydroxylation is 2. The van der Waals surface area contributed by atoms with E-state index in [2.05, 4.69) is 0 Å². The minimum absolute atomic E-state index is 0.0208. The number of rotatable bonds is 5. The van der Waals surface area contributed by atoms with Crippen molar-refractivity contribution in [3.63, 3.8) is 0 Å². The maximum absolute atomic E-state index is 12.5. The van der Waals surface area contributed by atoms with Crippen LogP contribution in [0.5, 0.6) is 0 Å². The standard InChI is InChI=1S/C13H18F3NS/c1-9-3-10(2)5-11(4-9)7-18-8-12(6-17)13(14,15)16/h3-5,12H,6-8,17H2,1-2H3. The van der Waals surface area contributed by atoms with Gasteiger partial charge in [0.2, 0.25) is 0 Å². The van der Waals surface area contributed by atoms with Crippen molar-refractivity contribution in [2.75, 3.05) is 12.3 Å². The van der Waals surface area contributed by atoms with Crippen LogP contribution in [-0.4, -0.2) is 18.5 Å². The van der Waals surface area contributed by atoms with Crippen molar-refractivity contribution in [3.05, 3.63) is 34.9 Å². The summed E-state index contributed by atoms with van der Waals surface area (Å²) in [5.41, 5.74) is 8.49. The van der Waals surface area contributed by atoms with Crippen LogP contribution in [0.25, 0.3) is 0 Å². The highest BCUT2D eigenvalue weighted by atomic mass is 32.2. The number of halogens is 3. The minimum Gasteiger partial charge on any atom is -0.330 e. The topological polar surface area (TPSA) is 26.0 Å². The molecule has 1 nitrogen and oxygen atoms in total. The van der Waals surface area contributed by atoms with Crippen LogP contribution in [0.15, 0.2) is 18.2 Å². The Labute approximate surface area is 110 Å². The third-order valence-electron chi connectivity index (χ3n) is 2.62. The van der Waals surface area contributed by atoms with Crippen LogP contribution in [0.4, 0.5) is 13.2 Å². The third kappa shape index (κ3) is 4.90. The second-order valence-electron chi connectivity index (χ2n) is 4.49. The Bertz CT molecular complexity index is 370. The molecule has 1 atom stereocenters. The molecule has 1 aromatic rings. The molecule has 1 rings (SSSR count). The fourth-order valence-electron chi connectivity index (χ4n) is 1.77. The SMILES string of the molecule is Cc1cc(C)cc(CSCC(CN)C(F)(F)F)c1. The molecule has 0 radical (unpaired) electrons. The summed E-state index contributed by atoms with van der Waals surface area (Å²) in [6.07, 6.45) is -4.19. The van der Waals surface area contributed by atoms with Crippen molar-refractivity contribution in [2.24, 2.45) is 11.7 Å². The van der Waals surface area contributed by atoms with Crippen molar-refractivity contribution in [2.45, 2.75) is 25.8 Å². The molecule has 1 unspecified atom stereocenters. The molecule has 1 aromatic carbocycles. The molecule has 0 amide bonds. The molecular formula is C13H18F3NS. The fraction of sp³-hybridized carbons (Fsp3) is 0.538. The first-order valence-electron chi connectivity index (χ1n) is 5.74. The van der Waals surface area contributed by atoms with Gasteiger partial charge in [-0.2, -0.15) is 24.9 Å². The van der Waals surface area contributed by atoms with Crippen LogP contribution in [0, 0.1) is 19.8 Å². The van der Waals surface area contributed by atoms with E-state index in [0.29, 0.717) is 5.75 Å². The Morgan fingerprint density at radius 2 is 1.72 bits per heavy atom. The molecule has 0 fully saturated rings. The van der Waals surface area contributed by atoms with Crippen molar-refractivity contribution in [1.82, 2.24) is 0 Å². The lowest BCUT2D eigenvalue weighted by atomic mass is 10.1. The molecule has 0 heterocycles. The number of hydrogen-bond acceptors (Lipinski definition) is 2. The van der Waals surface area contributed by atoms with Gasteiger partial charge in [-0.3, -0.25) is 0 Å². The largest absolute Gasteiger partial charge is 0.393 e. The van der Waals surface area contributed by atoms with Gasteiger partial charge in [0.05, 0.1) is 5.92 Å². The van der Waals surface area contributed by atoms with Crippen LogP contribution in [0.1, 0.15) is 16.7 Å². The van der Waals surface area contributed by atoms with E-state index in [0.717, 1.165) is 16.7 Å². The van der Waals surface area contributed by atoms with Gasteiger partial charge >= 0.3 is 6.18 Å². The van der Waals surface area contributed by atoms with E-state index >= 15 is 0 Å². The Morgan fingerprint density at radius 1 is 1.17 bits per heavy atom. The van der Waals surface area contributed by atoms with Crippen molar-refractivity contribution in [3.8, 4) is 0 Å². The number of benzene rings is 1. The number of thioether (sulfide) groups is 1. The Kier molecular flexibility index (Phi) is 5.53. The lowest BCUT2D eigenvalue weighted by Gasteiger charge is -2.17. The maximum Gasteiger partial charge on any atom is 0.393 e. The van der Waals surface area contributed by atoms with Crippen LogP contribution in [0.3, 0.4) is 0 Å². The molecule has 2 N–H and O–H groups in total. The van der Waals surface area contributed by atoms with Gasteiger partial charge in [0.1, 0.15) is 0 Å². The molecule has 0 saturated carbocycles. The number of alkyl halides is 3. The lowest BCUT2D eigenvalue weighted by molar-refractivity contribution is -0.165. The average Bonchev–Trinajstić information content (AvgIpc) is 2.21. The molecule has 5 heteroatoms. The molecule has 102 valence electrons. The normalized spacial score (nSPS) is 13.7. The fourth-order valence-corrected chi connectivity index (χ4v) is 2.90.